The quantitative estimate of drug-likeness (QED) is 0.590. The van der Waals surface area contributed by atoms with Gasteiger partial charge >= 0.3 is 0 Å². The molecule has 0 bridgehead atoms. The molecule has 2 aromatic carbocycles. The van der Waals surface area contributed by atoms with E-state index in [0.717, 1.165) is 22.6 Å². The fourth-order valence-corrected chi connectivity index (χ4v) is 2.87. The first kappa shape index (κ1) is 14.7. The molecular weight excluding hydrogens is 320 g/mol. The zero-order valence-corrected chi connectivity index (χ0v) is 13.6. The Labute approximate surface area is 144 Å². The number of hydrogen-bond donors (Lipinski definition) is 1. The molecular formula is C19H15ClN4. The number of fused-ring (bicyclic) bond motifs is 1. The van der Waals surface area contributed by atoms with Crippen LogP contribution in [-0.2, 0) is 6.54 Å². The summed E-state index contributed by atoms with van der Waals surface area (Å²) in [6.07, 6.45) is 0. The maximum absolute atomic E-state index is 6.14. The maximum Gasteiger partial charge on any atom is 0.243 e. The van der Waals surface area contributed by atoms with Crippen LogP contribution >= 0.6 is 11.6 Å². The molecule has 5 heteroatoms. The van der Waals surface area contributed by atoms with Crippen LogP contribution in [0.3, 0.4) is 0 Å². The normalized spacial score (nSPS) is 10.9. The van der Waals surface area contributed by atoms with Gasteiger partial charge in [0.2, 0.25) is 5.28 Å². The minimum Gasteiger partial charge on any atom is -0.364 e. The first-order valence-electron chi connectivity index (χ1n) is 7.70. The van der Waals surface area contributed by atoms with E-state index in [1.807, 2.05) is 53.0 Å². The number of anilines is 1. The smallest absolute Gasteiger partial charge is 0.243 e. The summed E-state index contributed by atoms with van der Waals surface area (Å²) in [5, 5.41) is 7.93. The Kier molecular flexibility index (Phi) is 3.89. The number of benzene rings is 2. The van der Waals surface area contributed by atoms with Gasteiger partial charge in [-0.3, -0.25) is 0 Å². The lowest BCUT2D eigenvalue weighted by Gasteiger charge is -2.09. The number of halogens is 1. The van der Waals surface area contributed by atoms with Crippen molar-refractivity contribution in [2.45, 2.75) is 6.54 Å². The molecule has 0 saturated carbocycles. The molecule has 118 valence electrons. The van der Waals surface area contributed by atoms with Crippen molar-refractivity contribution in [2.24, 2.45) is 0 Å². The molecule has 0 aliphatic carbocycles. The second-order valence-electron chi connectivity index (χ2n) is 5.45. The summed E-state index contributed by atoms with van der Waals surface area (Å²) in [6, 6.07) is 24.3. The third-order valence-corrected chi connectivity index (χ3v) is 4.02. The standard InChI is InChI=1S/C19H15ClN4/c20-19-22-18(21-13-14-7-3-1-4-8-14)17-12-11-16(24(17)23-19)15-9-5-2-6-10-15/h1-12H,13H2,(H,21,22,23). The fraction of sp³-hybridized carbons (Fsp3) is 0.0526. The van der Waals surface area contributed by atoms with Gasteiger partial charge < -0.3 is 5.32 Å². The van der Waals surface area contributed by atoms with Crippen LogP contribution in [0.15, 0.2) is 72.8 Å². The van der Waals surface area contributed by atoms with Gasteiger partial charge in [0.15, 0.2) is 5.82 Å². The van der Waals surface area contributed by atoms with Gasteiger partial charge in [-0.2, -0.15) is 4.98 Å². The van der Waals surface area contributed by atoms with Crippen LogP contribution in [-0.4, -0.2) is 14.6 Å². The van der Waals surface area contributed by atoms with Crippen LogP contribution in [0.4, 0.5) is 5.82 Å². The molecule has 0 aliphatic rings. The Hall–Kier alpha value is -2.85. The van der Waals surface area contributed by atoms with E-state index >= 15 is 0 Å². The molecule has 24 heavy (non-hydrogen) atoms. The Bertz CT molecular complexity index is 965. The van der Waals surface area contributed by atoms with E-state index in [0.29, 0.717) is 6.54 Å². The first-order chi connectivity index (χ1) is 11.8. The SMILES string of the molecule is Clc1nc(NCc2ccccc2)c2ccc(-c3ccccc3)n2n1. The zero-order chi connectivity index (χ0) is 16.4. The molecule has 1 N–H and O–H groups in total. The summed E-state index contributed by atoms with van der Waals surface area (Å²) in [5.41, 5.74) is 4.15. The highest BCUT2D eigenvalue weighted by atomic mass is 35.5. The predicted molar refractivity (Wildman–Crippen MR) is 97.2 cm³/mol. The third-order valence-electron chi connectivity index (χ3n) is 3.86. The van der Waals surface area contributed by atoms with Gasteiger partial charge in [0.05, 0.1) is 5.69 Å². The second kappa shape index (κ2) is 6.34. The van der Waals surface area contributed by atoms with Crippen LogP contribution in [0.25, 0.3) is 16.8 Å². The number of aromatic nitrogens is 3. The van der Waals surface area contributed by atoms with Crippen molar-refractivity contribution in [2.75, 3.05) is 5.32 Å². The van der Waals surface area contributed by atoms with Crippen LogP contribution in [0.1, 0.15) is 5.56 Å². The van der Waals surface area contributed by atoms with Crippen molar-refractivity contribution in [3.8, 4) is 11.3 Å². The third kappa shape index (κ3) is 2.84. The Morgan fingerprint density at radius 3 is 2.33 bits per heavy atom. The average Bonchev–Trinajstić information content (AvgIpc) is 3.05. The molecule has 0 radical (unpaired) electrons. The van der Waals surface area contributed by atoms with Gasteiger partial charge in [0, 0.05) is 12.1 Å². The molecule has 0 aliphatic heterocycles. The maximum atomic E-state index is 6.14. The number of nitrogens with one attached hydrogen (secondary N) is 1. The first-order valence-corrected chi connectivity index (χ1v) is 8.07. The van der Waals surface area contributed by atoms with E-state index in [1.54, 1.807) is 0 Å². The molecule has 4 nitrogen and oxygen atoms in total. The van der Waals surface area contributed by atoms with E-state index in [2.05, 4.69) is 39.7 Å². The Morgan fingerprint density at radius 1 is 0.875 bits per heavy atom. The van der Waals surface area contributed by atoms with Gasteiger partial charge in [-0.1, -0.05) is 60.7 Å². The molecule has 2 heterocycles. The second-order valence-corrected chi connectivity index (χ2v) is 5.79. The van der Waals surface area contributed by atoms with Gasteiger partial charge in [0.25, 0.3) is 0 Å². The van der Waals surface area contributed by atoms with E-state index < -0.39 is 0 Å². The number of hydrogen-bond acceptors (Lipinski definition) is 3. The van der Waals surface area contributed by atoms with Crippen molar-refractivity contribution in [1.29, 1.82) is 0 Å². The Balaban J connectivity index is 1.73. The molecule has 0 unspecified atom stereocenters. The summed E-state index contributed by atoms with van der Waals surface area (Å²) in [7, 11) is 0. The highest BCUT2D eigenvalue weighted by Crippen LogP contribution is 2.26. The van der Waals surface area contributed by atoms with Crippen molar-refractivity contribution in [1.82, 2.24) is 14.6 Å². The van der Waals surface area contributed by atoms with Crippen LogP contribution in [0, 0.1) is 0 Å². The van der Waals surface area contributed by atoms with Gasteiger partial charge in [0.1, 0.15) is 5.52 Å². The minimum absolute atomic E-state index is 0.214. The fourth-order valence-electron chi connectivity index (χ4n) is 2.71. The molecule has 2 aromatic heterocycles. The summed E-state index contributed by atoms with van der Waals surface area (Å²) < 4.78 is 1.83. The molecule has 0 saturated heterocycles. The molecule has 0 amide bonds. The molecule has 0 fully saturated rings. The lowest BCUT2D eigenvalue weighted by molar-refractivity contribution is 0.907. The van der Waals surface area contributed by atoms with Crippen molar-refractivity contribution < 1.29 is 0 Å². The van der Waals surface area contributed by atoms with Crippen LogP contribution < -0.4 is 5.32 Å². The summed E-state index contributed by atoms with van der Waals surface area (Å²) >= 11 is 6.14. The topological polar surface area (TPSA) is 42.2 Å². The molecule has 4 aromatic rings. The highest BCUT2D eigenvalue weighted by molar-refractivity contribution is 6.28. The van der Waals surface area contributed by atoms with E-state index in [-0.39, 0.29) is 5.28 Å². The zero-order valence-electron chi connectivity index (χ0n) is 12.9. The largest absolute Gasteiger partial charge is 0.364 e. The van der Waals surface area contributed by atoms with Crippen molar-refractivity contribution in [3.05, 3.63) is 83.6 Å². The van der Waals surface area contributed by atoms with Crippen molar-refractivity contribution in [3.63, 3.8) is 0 Å². The van der Waals surface area contributed by atoms with Gasteiger partial charge in [-0.25, -0.2) is 4.52 Å². The number of nitrogens with zero attached hydrogens (tertiary/aromatic N) is 3. The Morgan fingerprint density at radius 2 is 1.58 bits per heavy atom. The van der Waals surface area contributed by atoms with Gasteiger partial charge in [-0.15, -0.1) is 5.10 Å². The van der Waals surface area contributed by atoms with Crippen LogP contribution in [0.2, 0.25) is 5.28 Å². The van der Waals surface area contributed by atoms with Crippen LogP contribution in [0.5, 0.6) is 0 Å². The highest BCUT2D eigenvalue weighted by Gasteiger charge is 2.11. The number of rotatable bonds is 4. The lowest BCUT2D eigenvalue weighted by atomic mass is 10.2. The molecule has 4 rings (SSSR count). The predicted octanol–water partition coefficient (Wildman–Crippen LogP) is 4.66. The summed E-state index contributed by atoms with van der Waals surface area (Å²) in [5.74, 6) is 0.723. The minimum atomic E-state index is 0.214. The average molecular weight is 335 g/mol. The monoisotopic (exact) mass is 334 g/mol. The van der Waals surface area contributed by atoms with E-state index in [1.165, 1.54) is 5.56 Å². The van der Waals surface area contributed by atoms with Gasteiger partial charge in [-0.05, 0) is 29.3 Å². The summed E-state index contributed by atoms with van der Waals surface area (Å²) in [4.78, 5) is 4.35. The van der Waals surface area contributed by atoms with Crippen molar-refractivity contribution >= 4 is 22.9 Å². The molecule has 0 atom stereocenters. The van der Waals surface area contributed by atoms with E-state index in [4.69, 9.17) is 11.6 Å². The van der Waals surface area contributed by atoms with E-state index in [9.17, 15) is 0 Å². The summed E-state index contributed by atoms with van der Waals surface area (Å²) in [6.45, 7) is 0.676. The molecule has 0 spiro atoms. The lowest BCUT2D eigenvalue weighted by Crippen LogP contribution is -2.06.